The summed E-state index contributed by atoms with van der Waals surface area (Å²) in [6.07, 6.45) is 1.39. The van der Waals surface area contributed by atoms with E-state index in [-0.39, 0.29) is 10.6 Å². The van der Waals surface area contributed by atoms with Crippen molar-refractivity contribution in [2.75, 3.05) is 11.1 Å². The van der Waals surface area contributed by atoms with E-state index in [2.05, 4.69) is 10.4 Å². The van der Waals surface area contributed by atoms with Gasteiger partial charge in [-0.05, 0) is 12.1 Å². The molecule has 0 saturated heterocycles. The third-order valence-electron chi connectivity index (χ3n) is 2.40. The lowest BCUT2D eigenvalue weighted by Crippen LogP contribution is -2.17. The zero-order valence-corrected chi connectivity index (χ0v) is 10.2. The minimum Gasteiger partial charge on any atom is -0.394 e. The fourth-order valence-electron chi connectivity index (χ4n) is 1.46. The van der Waals surface area contributed by atoms with Crippen LogP contribution in [0, 0.1) is 5.82 Å². The number of nitrogens with one attached hydrogen (secondary N) is 1. The number of anilines is 2. The first-order chi connectivity index (χ1) is 8.50. The lowest BCUT2D eigenvalue weighted by Gasteiger charge is -2.07. The van der Waals surface area contributed by atoms with Gasteiger partial charge in [-0.3, -0.25) is 9.48 Å². The molecule has 0 spiro atoms. The monoisotopic (exact) mass is 268 g/mol. The van der Waals surface area contributed by atoms with Gasteiger partial charge in [-0.25, -0.2) is 4.39 Å². The van der Waals surface area contributed by atoms with Crippen LogP contribution in [0.25, 0.3) is 0 Å². The summed E-state index contributed by atoms with van der Waals surface area (Å²) in [7, 11) is 1.61. The Labute approximate surface area is 107 Å². The molecule has 5 nitrogen and oxygen atoms in total. The maximum absolute atomic E-state index is 13.6. The Balaban J connectivity index is 2.31. The van der Waals surface area contributed by atoms with Crippen LogP contribution in [0.2, 0.25) is 5.02 Å². The van der Waals surface area contributed by atoms with Gasteiger partial charge in [-0.1, -0.05) is 17.7 Å². The van der Waals surface area contributed by atoms with E-state index >= 15 is 0 Å². The summed E-state index contributed by atoms with van der Waals surface area (Å²) >= 11 is 5.61. The zero-order chi connectivity index (χ0) is 13.3. The van der Waals surface area contributed by atoms with Crippen LogP contribution in [0.1, 0.15) is 10.4 Å². The van der Waals surface area contributed by atoms with Gasteiger partial charge in [-0.2, -0.15) is 5.10 Å². The SMILES string of the molecule is Cn1ncc(N)c1NC(=O)c1cccc(Cl)c1F. The molecule has 1 amide bonds. The fraction of sp³-hybridized carbons (Fsp3) is 0.0909. The first-order valence-corrected chi connectivity index (χ1v) is 5.41. The number of halogens is 2. The number of amides is 1. The Kier molecular flexibility index (Phi) is 3.20. The Morgan fingerprint density at radius 3 is 2.89 bits per heavy atom. The largest absolute Gasteiger partial charge is 0.394 e. The maximum atomic E-state index is 13.6. The average Bonchev–Trinajstić information content (AvgIpc) is 2.64. The van der Waals surface area contributed by atoms with Gasteiger partial charge in [0.05, 0.1) is 22.5 Å². The van der Waals surface area contributed by atoms with E-state index in [1.54, 1.807) is 7.05 Å². The molecule has 3 N–H and O–H groups in total. The topological polar surface area (TPSA) is 72.9 Å². The Hall–Kier alpha value is -2.08. The molecule has 0 bridgehead atoms. The second-order valence-electron chi connectivity index (χ2n) is 3.63. The minimum absolute atomic E-state index is 0.111. The first kappa shape index (κ1) is 12.4. The van der Waals surface area contributed by atoms with E-state index in [1.165, 1.54) is 29.1 Å². The normalized spacial score (nSPS) is 10.4. The standard InChI is InChI=1S/C11H10ClFN4O/c1-17-10(8(14)5-15-17)16-11(18)6-3-2-4-7(12)9(6)13/h2-5H,14H2,1H3,(H,16,18). The Morgan fingerprint density at radius 1 is 1.56 bits per heavy atom. The van der Waals surface area contributed by atoms with Crippen molar-refractivity contribution in [2.45, 2.75) is 0 Å². The molecule has 0 aliphatic carbocycles. The first-order valence-electron chi connectivity index (χ1n) is 5.03. The molecule has 1 aromatic carbocycles. The van der Waals surface area contributed by atoms with Crippen molar-refractivity contribution in [1.29, 1.82) is 0 Å². The highest BCUT2D eigenvalue weighted by Gasteiger charge is 2.16. The quantitative estimate of drug-likeness (QED) is 0.875. The minimum atomic E-state index is -0.766. The van der Waals surface area contributed by atoms with Crippen LogP contribution in [0.5, 0.6) is 0 Å². The van der Waals surface area contributed by atoms with Crippen molar-refractivity contribution in [3.63, 3.8) is 0 Å². The fourth-order valence-corrected chi connectivity index (χ4v) is 1.64. The van der Waals surface area contributed by atoms with Crippen molar-refractivity contribution in [1.82, 2.24) is 9.78 Å². The van der Waals surface area contributed by atoms with Crippen LogP contribution in [0.15, 0.2) is 24.4 Å². The summed E-state index contributed by atoms with van der Waals surface area (Å²) in [6.45, 7) is 0. The van der Waals surface area contributed by atoms with Crippen LogP contribution < -0.4 is 11.1 Å². The summed E-state index contributed by atoms with van der Waals surface area (Å²) in [5.74, 6) is -1.10. The maximum Gasteiger partial charge on any atom is 0.259 e. The zero-order valence-electron chi connectivity index (χ0n) is 9.45. The highest BCUT2D eigenvalue weighted by atomic mass is 35.5. The smallest absolute Gasteiger partial charge is 0.259 e. The van der Waals surface area contributed by atoms with Crippen LogP contribution in [-0.4, -0.2) is 15.7 Å². The molecule has 0 radical (unpaired) electrons. The van der Waals surface area contributed by atoms with Gasteiger partial charge in [0.1, 0.15) is 0 Å². The molecule has 2 rings (SSSR count). The molecule has 1 aromatic heterocycles. The number of carbonyl (C=O) groups is 1. The number of hydrogen-bond acceptors (Lipinski definition) is 3. The second kappa shape index (κ2) is 4.66. The number of aromatic nitrogens is 2. The molecule has 0 atom stereocenters. The second-order valence-corrected chi connectivity index (χ2v) is 4.03. The molecule has 1 heterocycles. The van der Waals surface area contributed by atoms with Crippen LogP contribution in [-0.2, 0) is 7.05 Å². The van der Waals surface area contributed by atoms with E-state index in [9.17, 15) is 9.18 Å². The summed E-state index contributed by atoms with van der Waals surface area (Å²) in [4.78, 5) is 11.9. The predicted molar refractivity (Wildman–Crippen MR) is 67.0 cm³/mol. The highest BCUT2D eigenvalue weighted by molar-refractivity contribution is 6.31. The van der Waals surface area contributed by atoms with E-state index in [0.717, 1.165) is 0 Å². The molecule has 0 unspecified atom stereocenters. The third kappa shape index (κ3) is 2.14. The van der Waals surface area contributed by atoms with Crippen molar-refractivity contribution in [2.24, 2.45) is 7.05 Å². The Bertz CT molecular complexity index is 592. The van der Waals surface area contributed by atoms with Crippen molar-refractivity contribution < 1.29 is 9.18 Å². The summed E-state index contributed by atoms with van der Waals surface area (Å²) in [6, 6.07) is 4.20. The van der Waals surface area contributed by atoms with Gasteiger partial charge in [0.25, 0.3) is 5.91 Å². The van der Waals surface area contributed by atoms with Gasteiger partial charge >= 0.3 is 0 Å². The van der Waals surface area contributed by atoms with E-state index < -0.39 is 11.7 Å². The third-order valence-corrected chi connectivity index (χ3v) is 2.69. The van der Waals surface area contributed by atoms with Gasteiger partial charge in [0.2, 0.25) is 0 Å². The van der Waals surface area contributed by atoms with Crippen LogP contribution in [0.4, 0.5) is 15.9 Å². The Morgan fingerprint density at radius 2 is 2.28 bits per heavy atom. The molecular weight excluding hydrogens is 259 g/mol. The number of nitrogens with two attached hydrogens (primary N) is 1. The number of rotatable bonds is 2. The lowest BCUT2D eigenvalue weighted by atomic mass is 10.2. The molecule has 0 fully saturated rings. The molecule has 0 aliphatic rings. The van der Waals surface area contributed by atoms with Gasteiger partial charge < -0.3 is 11.1 Å². The summed E-state index contributed by atoms with van der Waals surface area (Å²) < 4.78 is 15.0. The molecule has 18 heavy (non-hydrogen) atoms. The van der Waals surface area contributed by atoms with Gasteiger partial charge in [0.15, 0.2) is 11.6 Å². The molecular formula is C11H10ClFN4O. The van der Waals surface area contributed by atoms with E-state index in [0.29, 0.717) is 11.5 Å². The summed E-state index contributed by atoms with van der Waals surface area (Å²) in [5, 5.41) is 6.23. The number of hydrogen-bond donors (Lipinski definition) is 2. The summed E-state index contributed by atoms with van der Waals surface area (Å²) in [5.41, 5.74) is 5.77. The van der Waals surface area contributed by atoms with Crippen LogP contribution >= 0.6 is 11.6 Å². The lowest BCUT2D eigenvalue weighted by molar-refractivity contribution is 0.102. The predicted octanol–water partition coefficient (Wildman–Crippen LogP) is 2.05. The van der Waals surface area contributed by atoms with E-state index in [1.807, 2.05) is 0 Å². The van der Waals surface area contributed by atoms with E-state index in [4.69, 9.17) is 17.3 Å². The van der Waals surface area contributed by atoms with Crippen molar-refractivity contribution in [3.8, 4) is 0 Å². The molecule has 0 aliphatic heterocycles. The van der Waals surface area contributed by atoms with Crippen LogP contribution in [0.3, 0.4) is 0 Å². The van der Waals surface area contributed by atoms with Gasteiger partial charge in [-0.15, -0.1) is 0 Å². The van der Waals surface area contributed by atoms with Crippen molar-refractivity contribution in [3.05, 3.63) is 40.8 Å². The van der Waals surface area contributed by atoms with Crippen molar-refractivity contribution >= 4 is 29.0 Å². The number of nitrogens with zero attached hydrogens (tertiary/aromatic N) is 2. The highest BCUT2D eigenvalue weighted by Crippen LogP contribution is 2.21. The number of benzene rings is 1. The molecule has 94 valence electrons. The average molecular weight is 269 g/mol. The molecule has 7 heteroatoms. The van der Waals surface area contributed by atoms with Gasteiger partial charge in [0, 0.05) is 7.05 Å². The molecule has 2 aromatic rings. The number of aryl methyl sites for hydroxylation is 1. The number of nitrogen functional groups attached to an aromatic ring is 1. The number of carbonyl (C=O) groups excluding carboxylic acids is 1. The molecule has 0 saturated carbocycles.